The summed E-state index contributed by atoms with van der Waals surface area (Å²) in [6.07, 6.45) is 0. The Balaban J connectivity index is 2.98. The first-order valence-electron chi connectivity index (χ1n) is 5.97. The van der Waals surface area contributed by atoms with Gasteiger partial charge in [-0.05, 0) is 11.6 Å². The monoisotopic (exact) mass is 296 g/mol. The maximum atomic E-state index is 12.3. The molecule has 0 saturated carbocycles. The number of carbonyl (C=O) groups is 1. The van der Waals surface area contributed by atoms with E-state index < -0.39 is 16.0 Å². The van der Waals surface area contributed by atoms with Gasteiger partial charge in [0.15, 0.2) is 0 Å². The summed E-state index contributed by atoms with van der Waals surface area (Å²) in [4.78, 5) is 11.2. The van der Waals surface area contributed by atoms with Crippen LogP contribution in [0, 0.1) is 11.3 Å². The normalized spacial score (nSPS) is 11.1. The second-order valence-electron chi connectivity index (χ2n) is 4.03. The first-order chi connectivity index (χ1) is 9.44. The zero-order chi connectivity index (χ0) is 15.2. The predicted molar refractivity (Wildman–Crippen MR) is 73.0 cm³/mol. The lowest BCUT2D eigenvalue weighted by molar-refractivity contribution is -0.140. The summed E-state index contributed by atoms with van der Waals surface area (Å²) in [5.41, 5.74) is 0.725. The van der Waals surface area contributed by atoms with Gasteiger partial charge in [0.05, 0.1) is 24.5 Å². The number of nitrogens with zero attached hydrogens (tertiary/aromatic N) is 2. The molecule has 108 valence electrons. The minimum atomic E-state index is -3.68. The van der Waals surface area contributed by atoms with Crippen LogP contribution in [-0.4, -0.2) is 38.9 Å². The summed E-state index contributed by atoms with van der Waals surface area (Å²) in [5, 5.41) is 8.96. The topological polar surface area (TPSA) is 87.5 Å². The Morgan fingerprint density at radius 1 is 1.40 bits per heavy atom. The van der Waals surface area contributed by atoms with E-state index in [4.69, 9.17) is 5.26 Å². The van der Waals surface area contributed by atoms with Crippen LogP contribution in [0.25, 0.3) is 0 Å². The van der Waals surface area contributed by atoms with Crippen molar-refractivity contribution in [1.82, 2.24) is 4.31 Å². The van der Waals surface area contributed by atoms with E-state index in [9.17, 15) is 13.2 Å². The van der Waals surface area contributed by atoms with Crippen molar-refractivity contribution in [2.24, 2.45) is 0 Å². The first-order valence-corrected chi connectivity index (χ1v) is 7.58. The van der Waals surface area contributed by atoms with Gasteiger partial charge in [-0.1, -0.05) is 25.1 Å². The third-order valence-electron chi connectivity index (χ3n) is 2.75. The molecule has 0 heterocycles. The van der Waals surface area contributed by atoms with Crippen LogP contribution in [-0.2, 0) is 25.3 Å². The molecular formula is C13H16N2O4S. The van der Waals surface area contributed by atoms with E-state index in [2.05, 4.69) is 4.74 Å². The molecule has 0 spiro atoms. The van der Waals surface area contributed by atoms with Crippen molar-refractivity contribution in [1.29, 1.82) is 5.26 Å². The van der Waals surface area contributed by atoms with Crippen LogP contribution in [0.2, 0.25) is 0 Å². The summed E-state index contributed by atoms with van der Waals surface area (Å²) < 4.78 is 30.0. The van der Waals surface area contributed by atoms with E-state index >= 15 is 0 Å². The number of methoxy groups -OCH3 is 1. The Kier molecular flexibility index (Phi) is 5.67. The molecule has 0 saturated heterocycles. The molecule has 0 unspecified atom stereocenters. The molecular weight excluding hydrogens is 280 g/mol. The molecule has 0 amide bonds. The smallest absolute Gasteiger partial charge is 0.321 e. The number of hydrogen-bond donors (Lipinski definition) is 0. The van der Waals surface area contributed by atoms with Crippen LogP contribution in [0.1, 0.15) is 18.1 Å². The number of rotatable bonds is 6. The van der Waals surface area contributed by atoms with Crippen molar-refractivity contribution in [3.8, 4) is 6.07 Å². The number of ether oxygens (including phenoxy) is 1. The van der Waals surface area contributed by atoms with Crippen LogP contribution in [0.4, 0.5) is 0 Å². The minimum absolute atomic E-state index is 0.159. The second-order valence-corrected chi connectivity index (χ2v) is 6.00. The lowest BCUT2D eigenvalue weighted by Gasteiger charge is -2.19. The van der Waals surface area contributed by atoms with Crippen molar-refractivity contribution in [3.63, 3.8) is 0 Å². The van der Waals surface area contributed by atoms with Gasteiger partial charge in [-0.25, -0.2) is 8.42 Å². The molecule has 0 aliphatic rings. The van der Waals surface area contributed by atoms with Gasteiger partial charge in [-0.2, -0.15) is 9.57 Å². The average molecular weight is 296 g/mol. The number of esters is 1. The van der Waals surface area contributed by atoms with Crippen LogP contribution < -0.4 is 0 Å². The Labute approximate surface area is 118 Å². The van der Waals surface area contributed by atoms with Crippen LogP contribution >= 0.6 is 0 Å². The third-order valence-corrected chi connectivity index (χ3v) is 4.60. The zero-order valence-electron chi connectivity index (χ0n) is 11.4. The number of carbonyl (C=O) groups excluding carboxylic acids is 1. The van der Waals surface area contributed by atoms with E-state index in [1.54, 1.807) is 31.2 Å². The Morgan fingerprint density at radius 3 is 2.60 bits per heavy atom. The largest absolute Gasteiger partial charge is 0.468 e. The molecule has 1 rings (SSSR count). The summed E-state index contributed by atoms with van der Waals surface area (Å²) in [5.74, 6) is -0.939. The van der Waals surface area contributed by atoms with E-state index in [1.165, 1.54) is 7.11 Å². The molecule has 1 aromatic rings. The highest BCUT2D eigenvalue weighted by Crippen LogP contribution is 2.14. The van der Waals surface area contributed by atoms with Gasteiger partial charge in [0.1, 0.15) is 6.54 Å². The summed E-state index contributed by atoms with van der Waals surface area (Å²) in [7, 11) is -2.48. The summed E-state index contributed by atoms with van der Waals surface area (Å²) in [6, 6.07) is 8.43. The lowest BCUT2D eigenvalue weighted by Crippen LogP contribution is -2.36. The maximum Gasteiger partial charge on any atom is 0.321 e. The minimum Gasteiger partial charge on any atom is -0.468 e. The lowest BCUT2D eigenvalue weighted by atomic mass is 10.1. The maximum absolute atomic E-state index is 12.3. The predicted octanol–water partition coefficient (Wildman–Crippen LogP) is 0.883. The van der Waals surface area contributed by atoms with Gasteiger partial charge in [-0.15, -0.1) is 0 Å². The van der Waals surface area contributed by atoms with E-state index in [0.29, 0.717) is 11.1 Å². The van der Waals surface area contributed by atoms with Crippen molar-refractivity contribution in [3.05, 3.63) is 35.4 Å². The highest BCUT2D eigenvalue weighted by Gasteiger charge is 2.24. The number of hydrogen-bond acceptors (Lipinski definition) is 5. The highest BCUT2D eigenvalue weighted by atomic mass is 32.2. The van der Waals surface area contributed by atoms with Crippen molar-refractivity contribution in [2.45, 2.75) is 12.7 Å². The SMILES string of the molecule is CCN(CC(=O)OC)S(=O)(=O)Cc1ccccc1C#N. The molecule has 0 radical (unpaired) electrons. The molecule has 7 heteroatoms. The van der Waals surface area contributed by atoms with E-state index in [-0.39, 0.29) is 18.8 Å². The number of likely N-dealkylation sites (N-methyl/N-ethyl adjacent to an activating group) is 1. The Morgan fingerprint density at radius 2 is 2.05 bits per heavy atom. The molecule has 0 aliphatic carbocycles. The summed E-state index contributed by atoms with van der Waals surface area (Å²) in [6.45, 7) is 1.47. The van der Waals surface area contributed by atoms with Gasteiger partial charge < -0.3 is 4.74 Å². The fourth-order valence-electron chi connectivity index (χ4n) is 1.66. The number of sulfonamides is 1. The van der Waals surface area contributed by atoms with Gasteiger partial charge in [0.2, 0.25) is 10.0 Å². The highest BCUT2D eigenvalue weighted by molar-refractivity contribution is 7.88. The third kappa shape index (κ3) is 4.05. The van der Waals surface area contributed by atoms with Crippen molar-refractivity contribution < 1.29 is 17.9 Å². The van der Waals surface area contributed by atoms with Gasteiger partial charge in [0, 0.05) is 6.54 Å². The van der Waals surface area contributed by atoms with Gasteiger partial charge in [0.25, 0.3) is 0 Å². The Bertz CT molecular complexity index is 620. The molecule has 6 nitrogen and oxygen atoms in total. The van der Waals surface area contributed by atoms with Crippen molar-refractivity contribution >= 4 is 16.0 Å². The number of benzene rings is 1. The molecule has 0 bridgehead atoms. The molecule has 1 aromatic carbocycles. The Hall–Kier alpha value is -1.91. The van der Waals surface area contributed by atoms with E-state index in [0.717, 1.165) is 4.31 Å². The fraction of sp³-hybridized carbons (Fsp3) is 0.385. The molecule has 0 N–H and O–H groups in total. The second kappa shape index (κ2) is 7.03. The standard InChI is InChI=1S/C13H16N2O4S/c1-3-15(9-13(16)19-2)20(17,18)10-12-7-5-4-6-11(12)8-14/h4-7H,3,9-10H2,1-2H3. The molecule has 0 atom stereocenters. The molecule has 0 aromatic heterocycles. The van der Waals surface area contributed by atoms with Crippen molar-refractivity contribution in [2.75, 3.05) is 20.2 Å². The van der Waals surface area contributed by atoms with Gasteiger partial charge in [-0.3, -0.25) is 4.79 Å². The van der Waals surface area contributed by atoms with E-state index in [1.807, 2.05) is 6.07 Å². The van der Waals surface area contributed by atoms with Crippen LogP contribution in [0.5, 0.6) is 0 Å². The molecule has 20 heavy (non-hydrogen) atoms. The fourth-order valence-corrected chi connectivity index (χ4v) is 3.18. The van der Waals surface area contributed by atoms with Gasteiger partial charge >= 0.3 is 5.97 Å². The van der Waals surface area contributed by atoms with Crippen LogP contribution in [0.3, 0.4) is 0 Å². The molecule has 0 aliphatic heterocycles. The summed E-state index contributed by atoms with van der Waals surface area (Å²) >= 11 is 0. The molecule has 0 fully saturated rings. The quantitative estimate of drug-likeness (QED) is 0.727. The number of nitriles is 1. The average Bonchev–Trinajstić information content (AvgIpc) is 2.44. The zero-order valence-corrected chi connectivity index (χ0v) is 12.2. The van der Waals surface area contributed by atoms with Crippen LogP contribution in [0.15, 0.2) is 24.3 Å². The first kappa shape index (κ1) is 16.1.